The second-order valence-electron chi connectivity index (χ2n) is 2.63. The lowest BCUT2D eigenvalue weighted by Crippen LogP contribution is -2.17. The van der Waals surface area contributed by atoms with Crippen molar-refractivity contribution >= 4 is 22.0 Å². The summed E-state index contributed by atoms with van der Waals surface area (Å²) < 4.78 is 47.1. The van der Waals surface area contributed by atoms with Crippen LogP contribution in [-0.4, -0.2) is 24.7 Å². The summed E-state index contributed by atoms with van der Waals surface area (Å²) in [6, 6.07) is 3.05. The van der Waals surface area contributed by atoms with Gasteiger partial charge in [-0.3, -0.25) is 0 Å². The third-order valence-corrected chi connectivity index (χ3v) is 2.59. The fraction of sp³-hybridized carbons (Fsp3) is 0.143. The average Bonchev–Trinajstić information content (AvgIpc) is 2.58. The molecule has 15 heavy (non-hydrogen) atoms. The highest BCUT2D eigenvalue weighted by molar-refractivity contribution is 7.85. The van der Waals surface area contributed by atoms with Crippen molar-refractivity contribution in [2.75, 3.05) is 0 Å². The molecule has 0 aliphatic rings. The zero-order valence-corrected chi connectivity index (χ0v) is 7.89. The van der Waals surface area contributed by atoms with E-state index in [0.29, 0.717) is 5.52 Å². The lowest BCUT2D eigenvalue weighted by Gasteiger charge is -2.01. The molecular formula is C7H4F3N3OS. The number of nitrogens with one attached hydrogen (secondary N) is 1. The van der Waals surface area contributed by atoms with Crippen LogP contribution in [0.5, 0.6) is 0 Å². The molecule has 2 heterocycles. The summed E-state index contributed by atoms with van der Waals surface area (Å²) in [6.07, 6.45) is 1.39. The summed E-state index contributed by atoms with van der Waals surface area (Å²) in [7, 11) is -3.14. The molecule has 0 radical (unpaired) electrons. The first-order valence-electron chi connectivity index (χ1n) is 3.78. The van der Waals surface area contributed by atoms with Gasteiger partial charge in [0.2, 0.25) is 5.16 Å². The van der Waals surface area contributed by atoms with E-state index in [4.69, 9.17) is 0 Å². The Morgan fingerprint density at radius 2 is 2.13 bits per heavy atom. The first-order valence-corrected chi connectivity index (χ1v) is 4.93. The second kappa shape index (κ2) is 3.30. The number of nitrogens with zero attached hydrogens (tertiary/aromatic N) is 2. The molecule has 0 amide bonds. The number of halogens is 3. The molecule has 0 aromatic carbocycles. The molecule has 0 fully saturated rings. The maximum absolute atomic E-state index is 12.1. The van der Waals surface area contributed by atoms with Crippen molar-refractivity contribution in [3.05, 3.63) is 18.3 Å². The van der Waals surface area contributed by atoms with E-state index in [1.165, 1.54) is 12.3 Å². The van der Waals surface area contributed by atoms with Gasteiger partial charge < -0.3 is 4.98 Å². The summed E-state index contributed by atoms with van der Waals surface area (Å²) in [4.78, 5) is 9.52. The Bertz CT molecular complexity index is 488. The molecule has 0 spiro atoms. The summed E-state index contributed by atoms with van der Waals surface area (Å²) in [6.45, 7) is 0. The number of imidazole rings is 1. The van der Waals surface area contributed by atoms with Gasteiger partial charge in [0.1, 0.15) is 0 Å². The molecule has 0 aliphatic heterocycles. The van der Waals surface area contributed by atoms with Gasteiger partial charge in [-0.25, -0.2) is 14.2 Å². The first kappa shape index (κ1) is 10.1. The highest BCUT2D eigenvalue weighted by atomic mass is 32.2. The van der Waals surface area contributed by atoms with Crippen LogP contribution < -0.4 is 0 Å². The van der Waals surface area contributed by atoms with Crippen LogP contribution in [-0.2, 0) is 10.8 Å². The number of hydrogen-bond acceptors (Lipinski definition) is 3. The van der Waals surface area contributed by atoms with E-state index < -0.39 is 21.5 Å². The highest BCUT2D eigenvalue weighted by Gasteiger charge is 2.40. The fourth-order valence-electron chi connectivity index (χ4n) is 1.02. The molecule has 1 N–H and O–H groups in total. The molecule has 80 valence electrons. The van der Waals surface area contributed by atoms with Gasteiger partial charge in [0.05, 0.1) is 5.52 Å². The van der Waals surface area contributed by atoms with Crippen LogP contribution in [0.4, 0.5) is 13.2 Å². The maximum atomic E-state index is 12.1. The third-order valence-electron chi connectivity index (χ3n) is 1.62. The topological polar surface area (TPSA) is 58.6 Å². The Morgan fingerprint density at radius 1 is 1.40 bits per heavy atom. The zero-order chi connectivity index (χ0) is 11.1. The van der Waals surface area contributed by atoms with Crippen molar-refractivity contribution in [2.45, 2.75) is 10.7 Å². The minimum Gasteiger partial charge on any atom is -0.329 e. The van der Waals surface area contributed by atoms with Crippen LogP contribution >= 0.6 is 0 Å². The first-order chi connectivity index (χ1) is 6.98. The molecule has 2 aromatic rings. The number of pyridine rings is 1. The molecule has 0 saturated heterocycles. The van der Waals surface area contributed by atoms with Gasteiger partial charge in [-0.1, -0.05) is 0 Å². The van der Waals surface area contributed by atoms with Crippen LogP contribution in [0.1, 0.15) is 0 Å². The largest absolute Gasteiger partial charge is 0.478 e. The lowest BCUT2D eigenvalue weighted by atomic mass is 10.4. The summed E-state index contributed by atoms with van der Waals surface area (Å²) in [5, 5.41) is -0.629. The zero-order valence-electron chi connectivity index (χ0n) is 7.08. The van der Waals surface area contributed by atoms with E-state index in [0.717, 1.165) is 0 Å². The molecule has 2 aromatic heterocycles. The van der Waals surface area contributed by atoms with E-state index in [1.807, 2.05) is 0 Å². The van der Waals surface area contributed by atoms with Crippen molar-refractivity contribution in [1.82, 2.24) is 15.0 Å². The van der Waals surface area contributed by atoms with Crippen LogP contribution in [0.3, 0.4) is 0 Å². The number of aromatic nitrogens is 3. The fourth-order valence-corrected chi connectivity index (χ4v) is 1.61. The number of rotatable bonds is 1. The van der Waals surface area contributed by atoms with Crippen molar-refractivity contribution in [2.24, 2.45) is 0 Å². The van der Waals surface area contributed by atoms with E-state index in [9.17, 15) is 17.4 Å². The monoisotopic (exact) mass is 235 g/mol. The number of H-pyrrole nitrogens is 1. The van der Waals surface area contributed by atoms with Gasteiger partial charge in [-0.05, 0) is 12.1 Å². The van der Waals surface area contributed by atoms with Crippen molar-refractivity contribution in [1.29, 1.82) is 0 Å². The summed E-state index contributed by atoms with van der Waals surface area (Å²) in [5.41, 5.74) is -4.37. The van der Waals surface area contributed by atoms with E-state index in [2.05, 4.69) is 15.0 Å². The van der Waals surface area contributed by atoms with Gasteiger partial charge in [0, 0.05) is 6.20 Å². The molecule has 0 aliphatic carbocycles. The number of hydrogen-bond donors (Lipinski definition) is 1. The van der Waals surface area contributed by atoms with Gasteiger partial charge in [-0.2, -0.15) is 13.2 Å². The second-order valence-corrected chi connectivity index (χ2v) is 4.02. The van der Waals surface area contributed by atoms with Crippen molar-refractivity contribution in [3.63, 3.8) is 0 Å². The Balaban J connectivity index is 2.50. The van der Waals surface area contributed by atoms with Crippen LogP contribution in [0.15, 0.2) is 23.5 Å². The normalized spacial score (nSPS) is 14.3. The molecule has 8 heteroatoms. The predicted molar refractivity (Wildman–Crippen MR) is 46.4 cm³/mol. The van der Waals surface area contributed by atoms with E-state index in [1.54, 1.807) is 6.07 Å². The van der Waals surface area contributed by atoms with Gasteiger partial charge in [-0.15, -0.1) is 0 Å². The van der Waals surface area contributed by atoms with Crippen LogP contribution in [0.2, 0.25) is 0 Å². The predicted octanol–water partition coefficient (Wildman–Crippen LogP) is 1.59. The van der Waals surface area contributed by atoms with E-state index in [-0.39, 0.29) is 5.65 Å². The quantitative estimate of drug-likeness (QED) is 0.816. The van der Waals surface area contributed by atoms with Crippen molar-refractivity contribution < 1.29 is 17.4 Å². The number of aromatic amines is 1. The minimum absolute atomic E-state index is 0.116. The lowest BCUT2D eigenvalue weighted by molar-refractivity contribution is -0.0387. The molecule has 0 saturated carbocycles. The number of fused-ring (bicyclic) bond motifs is 1. The Labute approximate surface area is 84.0 Å². The Morgan fingerprint density at radius 3 is 2.73 bits per heavy atom. The maximum Gasteiger partial charge on any atom is 0.478 e. The van der Waals surface area contributed by atoms with Gasteiger partial charge >= 0.3 is 5.51 Å². The molecule has 4 nitrogen and oxygen atoms in total. The summed E-state index contributed by atoms with van der Waals surface area (Å²) >= 11 is 0. The van der Waals surface area contributed by atoms with Gasteiger partial charge in [0.15, 0.2) is 16.4 Å². The van der Waals surface area contributed by atoms with E-state index >= 15 is 0 Å². The SMILES string of the molecule is O=S(c1nc2ncccc2[nH]1)C(F)(F)F. The molecule has 2 rings (SSSR count). The third kappa shape index (κ3) is 1.84. The van der Waals surface area contributed by atoms with Crippen molar-refractivity contribution in [3.8, 4) is 0 Å². The smallest absolute Gasteiger partial charge is 0.329 e. The average molecular weight is 235 g/mol. The molecule has 0 bridgehead atoms. The Kier molecular flexibility index (Phi) is 2.22. The highest BCUT2D eigenvalue weighted by Crippen LogP contribution is 2.25. The molecule has 1 atom stereocenters. The van der Waals surface area contributed by atoms with Crippen LogP contribution in [0, 0.1) is 0 Å². The standard InChI is InChI=1S/C7H4F3N3OS/c8-7(9,10)15(14)6-12-4-2-1-3-11-5(4)13-6/h1-3H,(H,11,12,13). The Hall–Kier alpha value is -1.44. The summed E-state index contributed by atoms with van der Waals surface area (Å²) in [5.74, 6) is 0. The number of alkyl halides is 3. The minimum atomic E-state index is -4.81. The molecule has 1 unspecified atom stereocenters. The van der Waals surface area contributed by atoms with Crippen LogP contribution in [0.25, 0.3) is 11.2 Å². The molecular weight excluding hydrogens is 231 g/mol. The van der Waals surface area contributed by atoms with Gasteiger partial charge in [0.25, 0.3) is 0 Å².